The third-order valence-corrected chi connectivity index (χ3v) is 25.1. The number of para-hydroxylation sites is 1. The zero-order valence-corrected chi connectivity index (χ0v) is 88.3. The number of rotatable bonds is 9. The van der Waals surface area contributed by atoms with E-state index in [9.17, 15) is 15.3 Å². The van der Waals surface area contributed by atoms with Crippen molar-refractivity contribution in [2.45, 2.75) is 223 Å². The molecule has 0 saturated heterocycles. The number of aromatic hydroxyl groups is 3. The van der Waals surface area contributed by atoms with E-state index in [1.165, 1.54) is 38.4 Å². The Kier molecular flexibility index (Phi) is 27.8. The minimum absolute atomic E-state index is 0. The van der Waals surface area contributed by atoms with Gasteiger partial charge in [0.1, 0.15) is 34.7 Å². The molecule has 0 spiro atoms. The molecule has 12 nitrogen and oxygen atoms in total. The molecule has 0 fully saturated rings. The first-order chi connectivity index (χ1) is 61.0. The van der Waals surface area contributed by atoms with E-state index in [1.807, 2.05) is 110 Å². The van der Waals surface area contributed by atoms with E-state index in [1.54, 1.807) is 6.07 Å². The van der Waals surface area contributed by atoms with E-state index in [2.05, 4.69) is 359 Å². The fourth-order valence-corrected chi connectivity index (χ4v) is 17.2. The molecule has 133 heavy (non-hydrogen) atoms. The standard InChI is InChI=1S/C44H50N3O.C38H38N3O.C36H34N3O.3Pt/c1-41(2,3)28-17-19-37-32(22-28)31-18-16-27(35-15-13-14-20-45-35)21-38(31)47(37)39-26-30(43(7,8)9)25-36(46-39)33-23-29(42(4,5)6)24-34(40(33)48)44(10,11)12;1-23-17-24(2)36(42)30(18-23)32-21-27(38(6,7)8)22-35(40-32)41-33-15-13-26(37(3,4)5)20-29(33)28-14-12-25(19-34(28)41)31-11-9-10-16-39-31;1-35(2,3)24-15-17-31-28(20-24)26-16-14-23(29-12-9-10-18-37-29)19-32(26)39(31)34-22-25(36(4,5)6)21-30(38-34)27-11-7-8-13-33(27)40;;;/h13-20,22-26,48H,1-12H3;9-18,20-22,42H,1-8H3;7-18,20-22,40H,1-6H3;;;/q3*-1;;;. The molecule has 15 heteroatoms. The van der Waals surface area contributed by atoms with Crippen LogP contribution in [0.15, 0.2) is 249 Å². The van der Waals surface area contributed by atoms with Crippen LogP contribution in [-0.4, -0.2) is 58.9 Å². The number of aryl methyl sites for hydroxylation is 2. The molecule has 0 bridgehead atoms. The molecule has 0 radical (unpaired) electrons. The van der Waals surface area contributed by atoms with Crippen LogP contribution in [0.25, 0.3) is 150 Å². The van der Waals surface area contributed by atoms with Crippen LogP contribution in [0.1, 0.15) is 222 Å². The van der Waals surface area contributed by atoms with E-state index in [0.717, 1.165) is 162 Å². The van der Waals surface area contributed by atoms with Gasteiger partial charge in [0.15, 0.2) is 0 Å². The van der Waals surface area contributed by atoms with Gasteiger partial charge in [0, 0.05) is 121 Å². The third kappa shape index (κ3) is 20.3. The molecule has 0 unspecified atom stereocenters. The molecule has 0 aliphatic heterocycles. The number of pyridine rings is 6. The van der Waals surface area contributed by atoms with Crippen LogP contribution < -0.4 is 0 Å². The zero-order chi connectivity index (χ0) is 93.2. The second kappa shape index (κ2) is 37.2. The van der Waals surface area contributed by atoms with Crippen LogP contribution in [0.3, 0.4) is 0 Å². The Bertz CT molecular complexity index is 7420. The van der Waals surface area contributed by atoms with Crippen LogP contribution in [0.5, 0.6) is 17.2 Å². The molecule has 9 aromatic carbocycles. The van der Waals surface area contributed by atoms with Gasteiger partial charge in [-0.2, -0.15) is 0 Å². The molecular weight excluding hydrogens is 2180 g/mol. The van der Waals surface area contributed by atoms with E-state index < -0.39 is 0 Å². The molecule has 690 valence electrons. The van der Waals surface area contributed by atoms with Gasteiger partial charge in [-0.3, -0.25) is 0 Å². The van der Waals surface area contributed by atoms with Crippen LogP contribution in [-0.2, 0) is 107 Å². The minimum Gasteiger partial charge on any atom is -0.507 e. The van der Waals surface area contributed by atoms with E-state index in [-0.39, 0.29) is 118 Å². The van der Waals surface area contributed by atoms with Gasteiger partial charge in [0.05, 0.1) is 17.1 Å². The number of hydrogen-bond acceptors (Lipinski definition) is 9. The normalized spacial score (nSPS) is 12.3. The Hall–Kier alpha value is -11.3. The minimum atomic E-state index is -0.251. The fraction of sp³-hybridized carbons (Fsp3) is 0.288. The van der Waals surface area contributed by atoms with Gasteiger partial charge in [-0.1, -0.05) is 279 Å². The average molecular weight is 2300 g/mol. The van der Waals surface area contributed by atoms with Gasteiger partial charge in [0.2, 0.25) is 0 Å². The van der Waals surface area contributed by atoms with Crippen LogP contribution >= 0.6 is 0 Å². The molecule has 0 saturated carbocycles. The Balaban J connectivity index is 0.000000168. The summed E-state index contributed by atoms with van der Waals surface area (Å²) >= 11 is 0. The first-order valence-corrected chi connectivity index (χ1v) is 45.4. The van der Waals surface area contributed by atoms with E-state index in [0.29, 0.717) is 11.3 Å². The smallest absolute Gasteiger partial charge is 0.137 e. The predicted octanol–water partition coefficient (Wildman–Crippen LogP) is 30.2. The van der Waals surface area contributed by atoms with Crippen molar-refractivity contribution >= 4 is 65.4 Å². The third-order valence-electron chi connectivity index (χ3n) is 25.1. The number of phenols is 3. The zero-order valence-electron chi connectivity index (χ0n) is 81.5. The predicted molar refractivity (Wildman–Crippen MR) is 542 cm³/mol. The van der Waals surface area contributed by atoms with Gasteiger partial charge in [-0.15, -0.1) is 71.3 Å². The Morgan fingerprint density at radius 2 is 0.564 bits per heavy atom. The number of phenolic OH excluding ortho intramolecular Hbond substituents is 3. The van der Waals surface area contributed by atoms with Crippen LogP contribution in [0.4, 0.5) is 0 Å². The monoisotopic (exact) mass is 2300 g/mol. The Morgan fingerprint density at radius 3 is 0.872 bits per heavy atom. The largest absolute Gasteiger partial charge is 0.507 e. The number of hydrogen-bond donors (Lipinski definition) is 3. The second-order valence-electron chi connectivity index (χ2n) is 43.5. The van der Waals surface area contributed by atoms with Crippen LogP contribution in [0, 0.1) is 32.0 Å². The van der Waals surface area contributed by atoms with Crippen molar-refractivity contribution in [1.29, 1.82) is 0 Å². The summed E-state index contributed by atoms with van der Waals surface area (Å²) in [6.07, 6.45) is 5.45. The van der Waals surface area contributed by atoms with Crippen molar-refractivity contribution in [2.24, 2.45) is 0 Å². The molecule has 0 aliphatic carbocycles. The summed E-state index contributed by atoms with van der Waals surface area (Å²) in [5.41, 5.74) is 26.5. The Morgan fingerprint density at radius 1 is 0.256 bits per heavy atom. The van der Waals surface area contributed by atoms with Gasteiger partial charge in [0.25, 0.3) is 0 Å². The van der Waals surface area contributed by atoms with Gasteiger partial charge < -0.3 is 44.0 Å². The average Bonchev–Trinajstić information content (AvgIpc) is 1.59. The Labute approximate surface area is 829 Å². The summed E-state index contributed by atoms with van der Waals surface area (Å²) in [4.78, 5) is 29.6. The van der Waals surface area contributed by atoms with Gasteiger partial charge >= 0.3 is 0 Å². The van der Waals surface area contributed by atoms with Gasteiger partial charge in [-0.05, 0) is 254 Å². The topological polar surface area (TPSA) is 153 Å². The summed E-state index contributed by atoms with van der Waals surface area (Å²) in [5, 5.41) is 40.7. The van der Waals surface area contributed by atoms with Crippen molar-refractivity contribution in [2.75, 3.05) is 0 Å². The SMILES string of the molecule is CC(C)(C)c1cc(-c2cc(C(C)(C)C)cc(C(C)(C)C)c2O)nc(-n2c3[c-]c(-c4ccccn4)ccc3c3cc(C(C)(C)C)ccc32)c1.CC(C)(C)c1cc(-c2ccccc2O)nc(-n2c3[c-]c(-c4ccccn4)ccc3c3cc(C(C)(C)C)ccc32)c1.Cc1cc(C)c(O)c(-c2cc(C(C)(C)C)cc(-n3c4[c-]c(-c5ccccn5)ccc4c4cc(C(C)(C)C)ccc43)n2)c1.[Pt].[Pt].[Pt]. The van der Waals surface area contributed by atoms with Gasteiger partial charge in [-0.25, -0.2) is 15.0 Å². The molecular formula is C118H122N9O3Pt3-3. The van der Waals surface area contributed by atoms with Crippen molar-refractivity contribution < 1.29 is 78.5 Å². The van der Waals surface area contributed by atoms with Crippen molar-refractivity contribution in [3.63, 3.8) is 0 Å². The summed E-state index contributed by atoms with van der Waals surface area (Å²) in [6.45, 7) is 57.3. The maximum absolute atomic E-state index is 11.9. The molecule has 9 aromatic heterocycles. The van der Waals surface area contributed by atoms with E-state index in [4.69, 9.17) is 15.0 Å². The molecule has 0 atom stereocenters. The number of benzene rings is 9. The van der Waals surface area contributed by atoms with Crippen molar-refractivity contribution in [1.82, 2.24) is 43.6 Å². The number of nitrogens with zero attached hydrogens (tertiary/aromatic N) is 9. The summed E-state index contributed by atoms with van der Waals surface area (Å²) in [5.74, 6) is 3.17. The maximum Gasteiger partial charge on any atom is 0.137 e. The summed E-state index contributed by atoms with van der Waals surface area (Å²) in [6, 6.07) is 90.8. The summed E-state index contributed by atoms with van der Waals surface area (Å²) in [7, 11) is 0. The molecule has 0 aliphatic rings. The molecule has 18 aromatic rings. The fourth-order valence-electron chi connectivity index (χ4n) is 17.2. The van der Waals surface area contributed by atoms with E-state index >= 15 is 0 Å². The quantitative estimate of drug-likeness (QED) is 0.120. The molecule has 0 amide bonds. The first kappa shape index (κ1) is 99.2. The number of aromatic nitrogens is 9. The molecule has 9 heterocycles. The number of fused-ring (bicyclic) bond motifs is 9. The maximum atomic E-state index is 11.9. The van der Waals surface area contributed by atoms with Crippen molar-refractivity contribution in [3.8, 4) is 102 Å². The molecule has 18 rings (SSSR count). The van der Waals surface area contributed by atoms with Crippen molar-refractivity contribution in [3.05, 3.63) is 323 Å². The second-order valence-corrected chi connectivity index (χ2v) is 43.5. The first-order valence-electron chi connectivity index (χ1n) is 45.4. The summed E-state index contributed by atoms with van der Waals surface area (Å²) < 4.78 is 6.68. The van der Waals surface area contributed by atoms with Crippen LogP contribution in [0.2, 0.25) is 0 Å². The molecule has 3 N–H and O–H groups in total.